The Morgan fingerprint density at radius 3 is 2.64 bits per heavy atom. The van der Waals surface area contributed by atoms with Gasteiger partial charge in [0.25, 0.3) is 0 Å². The summed E-state index contributed by atoms with van der Waals surface area (Å²) in [5.74, 6) is 0.543. The number of para-hydroxylation sites is 1. The number of halogens is 1. The molecule has 148 valence electrons. The van der Waals surface area contributed by atoms with Gasteiger partial charge in [0.15, 0.2) is 0 Å². The third-order valence-corrected chi connectivity index (χ3v) is 4.88. The second kappa shape index (κ2) is 9.51. The Hall–Kier alpha value is -2.66. The Labute approximate surface area is 165 Å². The number of hydrogen-bond donors (Lipinski definition) is 2. The van der Waals surface area contributed by atoms with E-state index < -0.39 is 0 Å². The van der Waals surface area contributed by atoms with Crippen LogP contribution in [0.2, 0.25) is 0 Å². The van der Waals surface area contributed by atoms with Crippen LogP contribution in [0, 0.1) is 12.7 Å². The molecule has 2 unspecified atom stereocenters. The first-order valence-electron chi connectivity index (χ1n) is 9.74. The summed E-state index contributed by atoms with van der Waals surface area (Å²) in [6.45, 7) is 5.13. The van der Waals surface area contributed by atoms with Gasteiger partial charge in [-0.2, -0.15) is 0 Å². The zero-order valence-electron chi connectivity index (χ0n) is 16.4. The van der Waals surface area contributed by atoms with Crippen molar-refractivity contribution in [3.8, 4) is 5.75 Å². The van der Waals surface area contributed by atoms with Gasteiger partial charge in [0.05, 0.1) is 0 Å². The summed E-state index contributed by atoms with van der Waals surface area (Å²) in [6, 6.07) is 14.4. The molecule has 0 aromatic heterocycles. The lowest BCUT2D eigenvalue weighted by molar-refractivity contribution is -0.117. The molecule has 0 bridgehead atoms. The molecule has 2 atom stereocenters. The second-order valence-electron chi connectivity index (χ2n) is 7.12. The van der Waals surface area contributed by atoms with Gasteiger partial charge in [-0.05, 0) is 55.7 Å². The van der Waals surface area contributed by atoms with E-state index in [1.54, 1.807) is 12.1 Å². The molecule has 2 aromatic carbocycles. The van der Waals surface area contributed by atoms with E-state index in [1.165, 1.54) is 12.1 Å². The van der Waals surface area contributed by atoms with Gasteiger partial charge in [0.1, 0.15) is 17.7 Å². The van der Waals surface area contributed by atoms with Crippen molar-refractivity contribution in [3.63, 3.8) is 0 Å². The van der Waals surface area contributed by atoms with Crippen LogP contribution < -0.4 is 15.4 Å². The van der Waals surface area contributed by atoms with Gasteiger partial charge in [-0.15, -0.1) is 0 Å². The molecule has 1 aliphatic carbocycles. The quantitative estimate of drug-likeness (QED) is 0.764. The van der Waals surface area contributed by atoms with Gasteiger partial charge in [0, 0.05) is 31.1 Å². The molecule has 5 heteroatoms. The average molecular weight is 382 g/mol. The molecule has 4 nitrogen and oxygen atoms in total. The number of rotatable bonds is 7. The fourth-order valence-electron chi connectivity index (χ4n) is 3.39. The SMILES string of the molecule is CCNC(=O)C1=CC(Oc2ccccc2C)CC(NCc2ccc(F)cc2)C1. The predicted octanol–water partition coefficient (Wildman–Crippen LogP) is 3.90. The summed E-state index contributed by atoms with van der Waals surface area (Å²) in [6.07, 6.45) is 3.16. The molecule has 1 aliphatic rings. The van der Waals surface area contributed by atoms with Crippen molar-refractivity contribution in [1.82, 2.24) is 10.6 Å². The van der Waals surface area contributed by atoms with E-state index in [4.69, 9.17) is 4.74 Å². The molecule has 0 saturated heterocycles. The Bertz CT molecular complexity index is 833. The molecule has 0 aliphatic heterocycles. The fraction of sp³-hybridized carbons (Fsp3) is 0.348. The monoisotopic (exact) mass is 382 g/mol. The smallest absolute Gasteiger partial charge is 0.247 e. The number of aryl methyl sites for hydroxylation is 1. The third-order valence-electron chi connectivity index (χ3n) is 4.88. The maximum absolute atomic E-state index is 13.1. The zero-order chi connectivity index (χ0) is 19.9. The van der Waals surface area contributed by atoms with E-state index in [1.807, 2.05) is 44.2 Å². The molecule has 2 aromatic rings. The number of hydrogen-bond acceptors (Lipinski definition) is 3. The van der Waals surface area contributed by atoms with Crippen molar-refractivity contribution in [2.75, 3.05) is 6.54 Å². The maximum Gasteiger partial charge on any atom is 0.247 e. The molecule has 0 spiro atoms. The van der Waals surface area contributed by atoms with Crippen molar-refractivity contribution < 1.29 is 13.9 Å². The minimum Gasteiger partial charge on any atom is -0.486 e. The Balaban J connectivity index is 1.71. The normalized spacial score (nSPS) is 19.0. The van der Waals surface area contributed by atoms with Gasteiger partial charge in [-0.25, -0.2) is 4.39 Å². The second-order valence-corrected chi connectivity index (χ2v) is 7.12. The number of nitrogens with one attached hydrogen (secondary N) is 2. The summed E-state index contributed by atoms with van der Waals surface area (Å²) in [5, 5.41) is 6.37. The predicted molar refractivity (Wildman–Crippen MR) is 109 cm³/mol. The lowest BCUT2D eigenvalue weighted by Crippen LogP contribution is -2.40. The highest BCUT2D eigenvalue weighted by Crippen LogP contribution is 2.26. The van der Waals surface area contributed by atoms with Crippen molar-refractivity contribution in [2.45, 2.75) is 45.4 Å². The summed E-state index contributed by atoms with van der Waals surface area (Å²) >= 11 is 0. The fourth-order valence-corrected chi connectivity index (χ4v) is 3.39. The van der Waals surface area contributed by atoms with E-state index in [0.29, 0.717) is 19.5 Å². The Morgan fingerprint density at radius 1 is 1.18 bits per heavy atom. The molecule has 0 fully saturated rings. The van der Waals surface area contributed by atoms with Gasteiger partial charge < -0.3 is 15.4 Å². The molecule has 0 saturated carbocycles. The number of carbonyl (C=O) groups excluding carboxylic acids is 1. The van der Waals surface area contributed by atoms with Gasteiger partial charge in [-0.1, -0.05) is 30.3 Å². The van der Waals surface area contributed by atoms with Gasteiger partial charge in [-0.3, -0.25) is 4.79 Å². The first-order chi connectivity index (χ1) is 13.5. The van der Waals surface area contributed by atoms with Crippen LogP contribution in [0.15, 0.2) is 60.2 Å². The minimum absolute atomic E-state index is 0.0471. The number of carbonyl (C=O) groups is 1. The number of ether oxygens (including phenoxy) is 1. The molecule has 28 heavy (non-hydrogen) atoms. The number of likely N-dealkylation sites (N-methyl/N-ethyl adjacent to an activating group) is 1. The van der Waals surface area contributed by atoms with Crippen molar-refractivity contribution in [1.29, 1.82) is 0 Å². The van der Waals surface area contributed by atoms with Crippen LogP contribution in [0.5, 0.6) is 5.75 Å². The van der Waals surface area contributed by atoms with Crippen LogP contribution in [0.3, 0.4) is 0 Å². The van der Waals surface area contributed by atoms with E-state index in [2.05, 4.69) is 10.6 Å². The minimum atomic E-state index is -0.241. The summed E-state index contributed by atoms with van der Waals surface area (Å²) < 4.78 is 19.3. The first-order valence-corrected chi connectivity index (χ1v) is 9.74. The molecular weight excluding hydrogens is 355 g/mol. The van der Waals surface area contributed by atoms with Crippen LogP contribution in [-0.4, -0.2) is 24.6 Å². The first kappa shape index (κ1) is 20.1. The molecular formula is C23H27FN2O2. The lowest BCUT2D eigenvalue weighted by atomic mass is 9.91. The third kappa shape index (κ3) is 5.42. The highest BCUT2D eigenvalue weighted by molar-refractivity contribution is 5.93. The highest BCUT2D eigenvalue weighted by Gasteiger charge is 2.27. The van der Waals surface area contributed by atoms with E-state index in [0.717, 1.165) is 28.9 Å². The standard InChI is InChI=1S/C23H27FN2O2/c1-3-25-23(27)18-12-20(26-15-17-8-10-19(24)11-9-17)14-21(13-18)28-22-7-5-4-6-16(22)2/h4-11,13,20-21,26H,3,12,14-15H2,1-2H3,(H,25,27). The Morgan fingerprint density at radius 2 is 1.93 bits per heavy atom. The molecule has 3 rings (SSSR count). The van der Waals surface area contributed by atoms with E-state index in [9.17, 15) is 9.18 Å². The summed E-state index contributed by atoms with van der Waals surface area (Å²) in [4.78, 5) is 12.4. The molecule has 0 radical (unpaired) electrons. The Kier molecular flexibility index (Phi) is 6.82. The number of benzene rings is 2. The summed E-state index contributed by atoms with van der Waals surface area (Å²) in [5.41, 5.74) is 2.81. The van der Waals surface area contributed by atoms with Crippen molar-refractivity contribution >= 4 is 5.91 Å². The summed E-state index contributed by atoms with van der Waals surface area (Å²) in [7, 11) is 0. The van der Waals surface area contributed by atoms with E-state index >= 15 is 0 Å². The number of amides is 1. The maximum atomic E-state index is 13.1. The zero-order valence-corrected chi connectivity index (χ0v) is 16.4. The molecule has 2 N–H and O–H groups in total. The topological polar surface area (TPSA) is 50.4 Å². The highest BCUT2D eigenvalue weighted by atomic mass is 19.1. The van der Waals surface area contributed by atoms with Crippen LogP contribution in [0.4, 0.5) is 4.39 Å². The average Bonchev–Trinajstić information content (AvgIpc) is 2.69. The van der Waals surface area contributed by atoms with Crippen LogP contribution in [-0.2, 0) is 11.3 Å². The van der Waals surface area contributed by atoms with Crippen LogP contribution >= 0.6 is 0 Å². The van der Waals surface area contributed by atoms with Crippen LogP contribution in [0.25, 0.3) is 0 Å². The van der Waals surface area contributed by atoms with Crippen molar-refractivity contribution in [2.24, 2.45) is 0 Å². The molecule has 1 amide bonds. The van der Waals surface area contributed by atoms with Crippen LogP contribution in [0.1, 0.15) is 30.9 Å². The van der Waals surface area contributed by atoms with Gasteiger partial charge >= 0.3 is 0 Å². The molecule has 0 heterocycles. The van der Waals surface area contributed by atoms with Crippen molar-refractivity contribution in [3.05, 3.63) is 77.1 Å². The van der Waals surface area contributed by atoms with E-state index in [-0.39, 0.29) is 23.9 Å². The van der Waals surface area contributed by atoms with Gasteiger partial charge in [0.2, 0.25) is 5.91 Å². The largest absolute Gasteiger partial charge is 0.486 e. The lowest BCUT2D eigenvalue weighted by Gasteiger charge is -2.30.